The lowest BCUT2D eigenvalue weighted by molar-refractivity contribution is -0.114. The van der Waals surface area contributed by atoms with Crippen molar-refractivity contribution in [2.75, 3.05) is 36.4 Å². The van der Waals surface area contributed by atoms with Crippen LogP contribution in [0.2, 0.25) is 0 Å². The number of carbonyl (C=O) groups is 2. The first-order valence-corrected chi connectivity index (χ1v) is 8.11. The standard InChI is InChI=1S/C19H21N3O2/c1-15(23)20-18-10-6-5-9-17(18)19(24)22-13-11-21(12-14-22)16-7-3-2-4-8-16/h2-10H,11-14H2,1H3,(H,20,23). The molecule has 2 aromatic rings. The largest absolute Gasteiger partial charge is 0.368 e. The topological polar surface area (TPSA) is 52.7 Å². The zero-order valence-electron chi connectivity index (χ0n) is 13.7. The molecule has 1 aliphatic heterocycles. The van der Waals surface area contributed by atoms with Gasteiger partial charge in [-0.1, -0.05) is 30.3 Å². The fraction of sp³-hybridized carbons (Fsp3) is 0.263. The molecular formula is C19H21N3O2. The fourth-order valence-electron chi connectivity index (χ4n) is 2.95. The normalized spacial score (nSPS) is 14.4. The lowest BCUT2D eigenvalue weighted by Crippen LogP contribution is -2.48. The number of carbonyl (C=O) groups excluding carboxylic acids is 2. The Morgan fingerprint density at radius 1 is 0.875 bits per heavy atom. The lowest BCUT2D eigenvalue weighted by atomic mass is 10.1. The summed E-state index contributed by atoms with van der Waals surface area (Å²) in [5.74, 6) is -0.212. The van der Waals surface area contributed by atoms with Crippen molar-refractivity contribution >= 4 is 23.2 Å². The maximum Gasteiger partial charge on any atom is 0.256 e. The highest BCUT2D eigenvalue weighted by molar-refractivity contribution is 6.03. The van der Waals surface area contributed by atoms with E-state index in [9.17, 15) is 9.59 Å². The van der Waals surface area contributed by atoms with Crippen molar-refractivity contribution in [1.82, 2.24) is 4.90 Å². The van der Waals surface area contributed by atoms with Crippen LogP contribution in [0.3, 0.4) is 0 Å². The van der Waals surface area contributed by atoms with E-state index >= 15 is 0 Å². The number of hydrogen-bond donors (Lipinski definition) is 1. The zero-order chi connectivity index (χ0) is 16.9. The van der Waals surface area contributed by atoms with E-state index < -0.39 is 0 Å². The summed E-state index contributed by atoms with van der Waals surface area (Å²) in [4.78, 5) is 28.3. The predicted octanol–water partition coefficient (Wildman–Crippen LogP) is 2.61. The number of nitrogens with zero attached hydrogens (tertiary/aromatic N) is 2. The zero-order valence-corrected chi connectivity index (χ0v) is 13.7. The molecule has 0 saturated carbocycles. The van der Waals surface area contributed by atoms with Crippen LogP contribution in [-0.4, -0.2) is 42.9 Å². The minimum absolute atomic E-state index is 0.0351. The van der Waals surface area contributed by atoms with E-state index in [2.05, 4.69) is 22.3 Å². The summed E-state index contributed by atoms with van der Waals surface area (Å²) in [6, 6.07) is 17.4. The van der Waals surface area contributed by atoms with Gasteiger partial charge in [0.2, 0.25) is 5.91 Å². The number of nitrogens with one attached hydrogen (secondary N) is 1. The van der Waals surface area contributed by atoms with Gasteiger partial charge in [-0.2, -0.15) is 0 Å². The monoisotopic (exact) mass is 323 g/mol. The van der Waals surface area contributed by atoms with Gasteiger partial charge in [0.1, 0.15) is 0 Å². The van der Waals surface area contributed by atoms with E-state index in [4.69, 9.17) is 0 Å². The number of rotatable bonds is 3. The quantitative estimate of drug-likeness (QED) is 0.945. The van der Waals surface area contributed by atoms with Gasteiger partial charge >= 0.3 is 0 Å². The molecule has 1 N–H and O–H groups in total. The maximum atomic E-state index is 12.8. The molecule has 2 aromatic carbocycles. The minimum Gasteiger partial charge on any atom is -0.368 e. The van der Waals surface area contributed by atoms with Gasteiger partial charge in [0.15, 0.2) is 0 Å². The third kappa shape index (κ3) is 3.56. The molecule has 1 saturated heterocycles. The maximum absolute atomic E-state index is 12.8. The van der Waals surface area contributed by atoms with Crippen molar-refractivity contribution in [3.05, 3.63) is 60.2 Å². The van der Waals surface area contributed by atoms with Crippen molar-refractivity contribution in [3.8, 4) is 0 Å². The van der Waals surface area contributed by atoms with Crippen molar-refractivity contribution < 1.29 is 9.59 Å². The van der Waals surface area contributed by atoms with E-state index in [0.717, 1.165) is 13.1 Å². The molecule has 2 amide bonds. The Morgan fingerprint density at radius 2 is 1.50 bits per heavy atom. The highest BCUT2D eigenvalue weighted by Gasteiger charge is 2.24. The smallest absolute Gasteiger partial charge is 0.256 e. The number of para-hydroxylation sites is 2. The number of benzene rings is 2. The van der Waals surface area contributed by atoms with Crippen molar-refractivity contribution in [1.29, 1.82) is 0 Å². The van der Waals surface area contributed by atoms with E-state index in [-0.39, 0.29) is 11.8 Å². The average molecular weight is 323 g/mol. The Labute approximate surface area is 141 Å². The first-order valence-electron chi connectivity index (χ1n) is 8.11. The lowest BCUT2D eigenvalue weighted by Gasteiger charge is -2.36. The molecule has 5 heteroatoms. The third-order valence-corrected chi connectivity index (χ3v) is 4.16. The molecule has 3 rings (SSSR count). The molecule has 0 aromatic heterocycles. The van der Waals surface area contributed by atoms with Gasteiger partial charge in [-0.25, -0.2) is 0 Å². The van der Waals surface area contributed by atoms with Gasteiger partial charge in [-0.05, 0) is 24.3 Å². The van der Waals surface area contributed by atoms with Crippen LogP contribution in [0, 0.1) is 0 Å². The summed E-state index contributed by atoms with van der Waals surface area (Å²) >= 11 is 0. The summed E-state index contributed by atoms with van der Waals surface area (Å²) in [6.45, 7) is 4.39. The van der Waals surface area contributed by atoms with Gasteiger partial charge in [0, 0.05) is 38.8 Å². The van der Waals surface area contributed by atoms with Crippen LogP contribution in [0.4, 0.5) is 11.4 Å². The predicted molar refractivity (Wildman–Crippen MR) is 95.3 cm³/mol. The molecule has 5 nitrogen and oxygen atoms in total. The molecule has 0 unspecified atom stereocenters. The van der Waals surface area contributed by atoms with E-state index in [1.54, 1.807) is 12.1 Å². The molecule has 0 radical (unpaired) electrons. The first-order chi connectivity index (χ1) is 11.6. The Bertz CT molecular complexity index is 722. The van der Waals surface area contributed by atoms with Gasteiger partial charge in [0.25, 0.3) is 5.91 Å². The third-order valence-electron chi connectivity index (χ3n) is 4.16. The summed E-state index contributed by atoms with van der Waals surface area (Å²) in [7, 11) is 0. The minimum atomic E-state index is -0.177. The molecule has 1 heterocycles. The molecular weight excluding hydrogens is 302 g/mol. The number of anilines is 2. The molecule has 1 aliphatic rings. The van der Waals surface area contributed by atoms with Crippen LogP contribution in [0.25, 0.3) is 0 Å². The average Bonchev–Trinajstić information content (AvgIpc) is 2.62. The van der Waals surface area contributed by atoms with E-state index in [1.165, 1.54) is 12.6 Å². The van der Waals surface area contributed by atoms with Crippen molar-refractivity contribution in [2.24, 2.45) is 0 Å². The van der Waals surface area contributed by atoms with E-state index in [0.29, 0.717) is 24.3 Å². The van der Waals surface area contributed by atoms with Gasteiger partial charge in [-0.15, -0.1) is 0 Å². The summed E-state index contributed by atoms with van der Waals surface area (Å²) in [5.41, 5.74) is 2.30. The van der Waals surface area contributed by atoms with Crippen LogP contribution < -0.4 is 10.2 Å². The Kier molecular flexibility index (Phi) is 4.79. The fourth-order valence-corrected chi connectivity index (χ4v) is 2.95. The number of amides is 2. The summed E-state index contributed by atoms with van der Waals surface area (Å²) in [5, 5.41) is 2.73. The van der Waals surface area contributed by atoms with Crippen molar-refractivity contribution in [3.63, 3.8) is 0 Å². The van der Waals surface area contributed by atoms with Gasteiger partial charge in [0.05, 0.1) is 11.3 Å². The molecule has 0 bridgehead atoms. The van der Waals surface area contributed by atoms with Gasteiger partial charge < -0.3 is 15.1 Å². The highest BCUT2D eigenvalue weighted by Crippen LogP contribution is 2.20. The van der Waals surface area contributed by atoms with Gasteiger partial charge in [-0.3, -0.25) is 9.59 Å². The second-order valence-electron chi connectivity index (χ2n) is 5.84. The Balaban J connectivity index is 1.69. The van der Waals surface area contributed by atoms with Crippen LogP contribution >= 0.6 is 0 Å². The van der Waals surface area contributed by atoms with Crippen LogP contribution in [-0.2, 0) is 4.79 Å². The molecule has 0 atom stereocenters. The second kappa shape index (κ2) is 7.17. The summed E-state index contributed by atoms with van der Waals surface area (Å²) < 4.78 is 0. The molecule has 24 heavy (non-hydrogen) atoms. The molecule has 0 spiro atoms. The first kappa shape index (κ1) is 16.1. The highest BCUT2D eigenvalue weighted by atomic mass is 16.2. The second-order valence-corrected chi connectivity index (χ2v) is 5.84. The van der Waals surface area contributed by atoms with Crippen LogP contribution in [0.15, 0.2) is 54.6 Å². The van der Waals surface area contributed by atoms with Crippen molar-refractivity contribution in [2.45, 2.75) is 6.92 Å². The molecule has 124 valence electrons. The number of hydrogen-bond acceptors (Lipinski definition) is 3. The SMILES string of the molecule is CC(=O)Nc1ccccc1C(=O)N1CCN(c2ccccc2)CC1. The Morgan fingerprint density at radius 3 is 2.17 bits per heavy atom. The number of piperazine rings is 1. The molecule has 0 aliphatic carbocycles. The van der Waals surface area contributed by atoms with Crippen LogP contribution in [0.1, 0.15) is 17.3 Å². The van der Waals surface area contributed by atoms with E-state index in [1.807, 2.05) is 35.2 Å². The Hall–Kier alpha value is -2.82. The summed E-state index contributed by atoms with van der Waals surface area (Å²) in [6.07, 6.45) is 0. The van der Waals surface area contributed by atoms with Crippen LogP contribution in [0.5, 0.6) is 0 Å². The molecule has 1 fully saturated rings.